The summed E-state index contributed by atoms with van der Waals surface area (Å²) in [5.74, 6) is 1.04. The third kappa shape index (κ3) is 3.71. The van der Waals surface area contributed by atoms with Crippen molar-refractivity contribution in [2.45, 2.75) is 44.8 Å². The van der Waals surface area contributed by atoms with Gasteiger partial charge in [-0.3, -0.25) is 0 Å². The maximum absolute atomic E-state index is 5.74. The summed E-state index contributed by atoms with van der Waals surface area (Å²) >= 11 is 0. The van der Waals surface area contributed by atoms with Crippen molar-refractivity contribution in [3.8, 4) is 0 Å². The molecule has 1 unspecified atom stereocenters. The molecule has 3 rings (SSSR count). The molecule has 1 aromatic heterocycles. The van der Waals surface area contributed by atoms with E-state index in [9.17, 15) is 0 Å². The standard InChI is InChI=1S/C16H26N4O/c1-13-10-16(18-12-17-13)19(2)14-5-7-20(8-6-14)11-15-4-3-9-21-15/h10,12,14-15H,3-9,11H2,1-2H3. The molecule has 0 aliphatic carbocycles. The van der Waals surface area contributed by atoms with Gasteiger partial charge < -0.3 is 14.5 Å². The first kappa shape index (κ1) is 14.7. The van der Waals surface area contributed by atoms with Crippen molar-refractivity contribution in [2.75, 3.05) is 38.2 Å². The van der Waals surface area contributed by atoms with E-state index in [1.807, 2.05) is 6.92 Å². The van der Waals surface area contributed by atoms with Crippen LogP contribution in [0.1, 0.15) is 31.4 Å². The van der Waals surface area contributed by atoms with Crippen LogP contribution in [0.15, 0.2) is 12.4 Å². The lowest BCUT2D eigenvalue weighted by Gasteiger charge is -2.38. The van der Waals surface area contributed by atoms with Gasteiger partial charge in [0.2, 0.25) is 0 Å². The van der Waals surface area contributed by atoms with E-state index in [-0.39, 0.29) is 0 Å². The zero-order valence-corrected chi connectivity index (χ0v) is 13.2. The van der Waals surface area contributed by atoms with Gasteiger partial charge in [-0.2, -0.15) is 0 Å². The normalized spacial score (nSPS) is 24.4. The second-order valence-electron chi connectivity index (χ2n) is 6.30. The summed E-state index contributed by atoms with van der Waals surface area (Å²) in [6, 6.07) is 2.65. The van der Waals surface area contributed by atoms with E-state index in [0.717, 1.165) is 24.7 Å². The maximum atomic E-state index is 5.74. The predicted molar refractivity (Wildman–Crippen MR) is 83.6 cm³/mol. The van der Waals surface area contributed by atoms with Gasteiger partial charge in [-0.1, -0.05) is 0 Å². The zero-order chi connectivity index (χ0) is 14.7. The Bertz CT molecular complexity index is 453. The third-order valence-electron chi connectivity index (χ3n) is 4.74. The zero-order valence-electron chi connectivity index (χ0n) is 13.2. The first-order valence-electron chi connectivity index (χ1n) is 8.08. The molecule has 1 atom stereocenters. The Kier molecular flexibility index (Phi) is 4.70. The van der Waals surface area contributed by atoms with Gasteiger partial charge in [0.05, 0.1) is 6.10 Å². The lowest BCUT2D eigenvalue weighted by Crippen LogP contribution is -2.45. The second kappa shape index (κ2) is 6.71. The Morgan fingerprint density at radius 3 is 2.76 bits per heavy atom. The van der Waals surface area contributed by atoms with E-state index < -0.39 is 0 Å². The number of aryl methyl sites for hydroxylation is 1. The van der Waals surface area contributed by atoms with Crippen LogP contribution in [0.4, 0.5) is 5.82 Å². The summed E-state index contributed by atoms with van der Waals surface area (Å²) in [5.41, 5.74) is 1.03. The van der Waals surface area contributed by atoms with Crippen molar-refractivity contribution in [1.82, 2.24) is 14.9 Å². The van der Waals surface area contributed by atoms with Gasteiger partial charge in [-0.25, -0.2) is 9.97 Å². The van der Waals surface area contributed by atoms with Gasteiger partial charge in [-0.15, -0.1) is 0 Å². The van der Waals surface area contributed by atoms with Gasteiger partial charge >= 0.3 is 0 Å². The Morgan fingerprint density at radius 1 is 1.29 bits per heavy atom. The van der Waals surface area contributed by atoms with E-state index in [1.54, 1.807) is 6.33 Å². The highest BCUT2D eigenvalue weighted by Crippen LogP contribution is 2.22. The van der Waals surface area contributed by atoms with E-state index >= 15 is 0 Å². The van der Waals surface area contributed by atoms with Crippen molar-refractivity contribution < 1.29 is 4.74 Å². The maximum Gasteiger partial charge on any atom is 0.132 e. The number of aromatic nitrogens is 2. The lowest BCUT2D eigenvalue weighted by atomic mass is 10.0. The number of hydrogen-bond donors (Lipinski definition) is 0. The molecule has 3 heterocycles. The number of rotatable bonds is 4. The third-order valence-corrected chi connectivity index (χ3v) is 4.74. The molecule has 5 nitrogen and oxygen atoms in total. The van der Waals surface area contributed by atoms with Crippen molar-refractivity contribution >= 4 is 5.82 Å². The van der Waals surface area contributed by atoms with E-state index in [0.29, 0.717) is 12.1 Å². The SMILES string of the molecule is Cc1cc(N(C)C2CCN(CC3CCCO3)CC2)ncn1. The molecular weight excluding hydrogens is 264 g/mol. The molecule has 0 saturated carbocycles. The molecular formula is C16H26N4O. The molecule has 0 aromatic carbocycles. The summed E-state index contributed by atoms with van der Waals surface area (Å²) in [4.78, 5) is 13.5. The van der Waals surface area contributed by atoms with Crippen LogP contribution in [0.25, 0.3) is 0 Å². The molecule has 2 saturated heterocycles. The molecule has 1 aromatic rings. The molecule has 2 aliphatic rings. The summed E-state index contributed by atoms with van der Waals surface area (Å²) in [6.07, 6.45) is 7.01. The second-order valence-corrected chi connectivity index (χ2v) is 6.30. The molecule has 116 valence electrons. The summed E-state index contributed by atoms with van der Waals surface area (Å²) in [7, 11) is 2.15. The monoisotopic (exact) mass is 290 g/mol. The van der Waals surface area contributed by atoms with Crippen LogP contribution in [-0.4, -0.2) is 60.3 Å². The number of hydrogen-bond acceptors (Lipinski definition) is 5. The molecule has 21 heavy (non-hydrogen) atoms. The molecule has 5 heteroatoms. The number of nitrogens with zero attached hydrogens (tertiary/aromatic N) is 4. The number of likely N-dealkylation sites (tertiary alicyclic amines) is 1. The van der Waals surface area contributed by atoms with Crippen LogP contribution in [0.5, 0.6) is 0 Å². The Morgan fingerprint density at radius 2 is 2.10 bits per heavy atom. The first-order valence-corrected chi connectivity index (χ1v) is 8.08. The average molecular weight is 290 g/mol. The van der Waals surface area contributed by atoms with Gasteiger partial charge in [0.15, 0.2) is 0 Å². The van der Waals surface area contributed by atoms with Crippen molar-refractivity contribution in [1.29, 1.82) is 0 Å². The average Bonchev–Trinajstić information content (AvgIpc) is 3.00. The minimum Gasteiger partial charge on any atom is -0.377 e. The van der Waals surface area contributed by atoms with E-state index in [2.05, 4.69) is 32.9 Å². The van der Waals surface area contributed by atoms with Gasteiger partial charge in [0.25, 0.3) is 0 Å². The van der Waals surface area contributed by atoms with Gasteiger partial charge in [0.1, 0.15) is 12.1 Å². The van der Waals surface area contributed by atoms with Crippen LogP contribution in [0.3, 0.4) is 0 Å². The summed E-state index contributed by atoms with van der Waals surface area (Å²) < 4.78 is 5.74. The Labute approximate surface area is 127 Å². The quantitative estimate of drug-likeness (QED) is 0.847. The Hall–Kier alpha value is -1.20. The highest BCUT2D eigenvalue weighted by Gasteiger charge is 2.26. The van der Waals surface area contributed by atoms with Crippen LogP contribution >= 0.6 is 0 Å². The molecule has 0 amide bonds. The number of anilines is 1. The van der Waals surface area contributed by atoms with E-state index in [1.165, 1.54) is 38.8 Å². The first-order chi connectivity index (χ1) is 10.2. The minimum absolute atomic E-state index is 0.476. The Balaban J connectivity index is 1.50. The van der Waals surface area contributed by atoms with Crippen LogP contribution in [-0.2, 0) is 4.74 Å². The smallest absolute Gasteiger partial charge is 0.132 e. The molecule has 0 radical (unpaired) electrons. The van der Waals surface area contributed by atoms with Crippen molar-refractivity contribution in [2.24, 2.45) is 0 Å². The fourth-order valence-electron chi connectivity index (χ4n) is 3.39. The fourth-order valence-corrected chi connectivity index (χ4v) is 3.39. The van der Waals surface area contributed by atoms with Crippen LogP contribution in [0.2, 0.25) is 0 Å². The lowest BCUT2D eigenvalue weighted by molar-refractivity contribution is 0.0644. The van der Waals surface area contributed by atoms with Gasteiger partial charge in [-0.05, 0) is 32.6 Å². The molecule has 0 N–H and O–H groups in total. The van der Waals surface area contributed by atoms with Crippen molar-refractivity contribution in [3.05, 3.63) is 18.1 Å². The predicted octanol–water partition coefficient (Wildman–Crippen LogP) is 1.86. The highest BCUT2D eigenvalue weighted by atomic mass is 16.5. The summed E-state index contributed by atoms with van der Waals surface area (Å²) in [5, 5.41) is 0. The minimum atomic E-state index is 0.476. The van der Waals surface area contributed by atoms with Crippen LogP contribution in [0, 0.1) is 6.92 Å². The van der Waals surface area contributed by atoms with Gasteiger partial charge in [0, 0.05) is 51.1 Å². The molecule has 2 fully saturated rings. The number of piperidine rings is 1. The fraction of sp³-hybridized carbons (Fsp3) is 0.750. The van der Waals surface area contributed by atoms with Crippen molar-refractivity contribution in [3.63, 3.8) is 0 Å². The topological polar surface area (TPSA) is 41.5 Å². The molecule has 0 bridgehead atoms. The van der Waals surface area contributed by atoms with E-state index in [4.69, 9.17) is 4.74 Å². The molecule has 2 aliphatic heterocycles. The number of ether oxygens (including phenoxy) is 1. The summed E-state index contributed by atoms with van der Waals surface area (Å²) in [6.45, 7) is 6.42. The van der Waals surface area contributed by atoms with Crippen LogP contribution < -0.4 is 4.90 Å². The highest BCUT2D eigenvalue weighted by molar-refractivity contribution is 5.39. The molecule has 0 spiro atoms. The largest absolute Gasteiger partial charge is 0.377 e.